The number of thiazole rings is 1. The number of carbonyl (C=O) groups is 3. The number of carbonyl (C=O) groups excluding carboxylic acids is 3. The largest absolute Gasteiger partial charge is 0.465 e. The van der Waals surface area contributed by atoms with Gasteiger partial charge in [0.15, 0.2) is 4.34 Å². The number of hydrogen-bond donors (Lipinski definition) is 1. The Hall–Kier alpha value is -2.39. The summed E-state index contributed by atoms with van der Waals surface area (Å²) < 4.78 is 10.1. The number of thioether (sulfide) groups is 1. The van der Waals surface area contributed by atoms with Gasteiger partial charge in [-0.25, -0.2) is 14.6 Å². The third kappa shape index (κ3) is 5.04. The number of aryl methyl sites for hydroxylation is 1. The van der Waals surface area contributed by atoms with Gasteiger partial charge in [0.2, 0.25) is 5.91 Å². The number of methoxy groups -OCH3 is 2. The zero-order valence-corrected chi connectivity index (χ0v) is 15.5. The summed E-state index contributed by atoms with van der Waals surface area (Å²) in [7, 11) is 2.49. The molecule has 0 fully saturated rings. The second kappa shape index (κ2) is 8.63. The molecule has 0 unspecified atom stereocenters. The monoisotopic (exact) mass is 380 g/mol. The van der Waals surface area contributed by atoms with Gasteiger partial charge in [0.1, 0.15) is 0 Å². The summed E-state index contributed by atoms with van der Waals surface area (Å²) in [5, 5.41) is 4.53. The van der Waals surface area contributed by atoms with Gasteiger partial charge < -0.3 is 14.8 Å². The Morgan fingerprint density at radius 2 is 1.92 bits per heavy atom. The molecule has 1 N–H and O–H groups in total. The van der Waals surface area contributed by atoms with Gasteiger partial charge in [-0.15, -0.1) is 11.3 Å². The fourth-order valence-corrected chi connectivity index (χ4v) is 3.54. The normalized spacial score (nSPS) is 10.2. The summed E-state index contributed by atoms with van der Waals surface area (Å²) in [6, 6.07) is 4.22. The summed E-state index contributed by atoms with van der Waals surface area (Å²) in [6.07, 6.45) is 0. The number of amides is 1. The standard InChI is InChI=1S/C16H16N2O5S2/c1-9-7-24-16(17-9)25-8-13(19)18-12-6-10(14(20)22-2)4-5-11(12)15(21)23-3/h4-7H,8H2,1-3H3,(H,18,19). The third-order valence-electron chi connectivity index (χ3n) is 3.04. The molecule has 0 spiro atoms. The van der Waals surface area contributed by atoms with Crippen LogP contribution in [-0.4, -0.2) is 42.8 Å². The van der Waals surface area contributed by atoms with E-state index in [9.17, 15) is 14.4 Å². The topological polar surface area (TPSA) is 94.6 Å². The van der Waals surface area contributed by atoms with Crippen LogP contribution >= 0.6 is 23.1 Å². The lowest BCUT2D eigenvalue weighted by Crippen LogP contribution is -2.18. The molecule has 1 heterocycles. The molecule has 7 nitrogen and oxygen atoms in total. The highest BCUT2D eigenvalue weighted by molar-refractivity contribution is 8.01. The Bertz CT molecular complexity index is 804. The van der Waals surface area contributed by atoms with Gasteiger partial charge in [0, 0.05) is 11.1 Å². The zero-order chi connectivity index (χ0) is 18.4. The summed E-state index contributed by atoms with van der Waals surface area (Å²) in [6.45, 7) is 1.88. The Balaban J connectivity index is 2.15. The van der Waals surface area contributed by atoms with E-state index in [4.69, 9.17) is 4.74 Å². The first kappa shape index (κ1) is 18.9. The molecule has 132 valence electrons. The molecule has 0 aliphatic carbocycles. The molecule has 0 saturated carbocycles. The number of ether oxygens (including phenoxy) is 2. The lowest BCUT2D eigenvalue weighted by Gasteiger charge is -2.11. The number of benzene rings is 1. The van der Waals surface area contributed by atoms with Crippen molar-refractivity contribution >= 4 is 46.6 Å². The number of nitrogens with zero attached hydrogens (tertiary/aromatic N) is 1. The van der Waals surface area contributed by atoms with E-state index in [0.717, 1.165) is 10.0 Å². The first-order valence-corrected chi connectivity index (χ1v) is 8.96. The van der Waals surface area contributed by atoms with Gasteiger partial charge in [-0.3, -0.25) is 4.79 Å². The quantitative estimate of drug-likeness (QED) is 0.608. The number of anilines is 1. The van der Waals surface area contributed by atoms with Crippen LogP contribution in [0.15, 0.2) is 27.9 Å². The first-order chi connectivity index (χ1) is 11.9. The molecular formula is C16H16N2O5S2. The lowest BCUT2D eigenvalue weighted by molar-refractivity contribution is -0.113. The predicted octanol–water partition coefficient (Wildman–Crippen LogP) is 2.76. The van der Waals surface area contributed by atoms with Gasteiger partial charge in [0.05, 0.1) is 36.8 Å². The molecule has 1 amide bonds. The maximum absolute atomic E-state index is 12.2. The molecule has 25 heavy (non-hydrogen) atoms. The zero-order valence-electron chi connectivity index (χ0n) is 13.8. The van der Waals surface area contributed by atoms with Gasteiger partial charge >= 0.3 is 11.9 Å². The van der Waals surface area contributed by atoms with Gasteiger partial charge in [-0.1, -0.05) is 11.8 Å². The van der Waals surface area contributed by atoms with Crippen LogP contribution in [0.4, 0.5) is 5.69 Å². The fourth-order valence-electron chi connectivity index (χ4n) is 1.89. The van der Waals surface area contributed by atoms with E-state index in [1.807, 2.05) is 12.3 Å². The van der Waals surface area contributed by atoms with Crippen LogP contribution in [0, 0.1) is 6.92 Å². The highest BCUT2D eigenvalue weighted by Crippen LogP contribution is 2.24. The van der Waals surface area contributed by atoms with E-state index in [0.29, 0.717) is 0 Å². The Labute approximate surface area is 152 Å². The molecule has 1 aromatic carbocycles. The maximum atomic E-state index is 12.2. The van der Waals surface area contributed by atoms with Gasteiger partial charge in [-0.05, 0) is 25.1 Å². The summed E-state index contributed by atoms with van der Waals surface area (Å²) in [5.74, 6) is -1.39. The minimum atomic E-state index is -0.616. The van der Waals surface area contributed by atoms with E-state index >= 15 is 0 Å². The molecule has 0 aliphatic rings. The number of esters is 2. The van der Waals surface area contributed by atoms with E-state index in [1.165, 1.54) is 55.5 Å². The van der Waals surface area contributed by atoms with Crippen molar-refractivity contribution in [2.24, 2.45) is 0 Å². The van der Waals surface area contributed by atoms with Crippen molar-refractivity contribution < 1.29 is 23.9 Å². The van der Waals surface area contributed by atoms with Crippen molar-refractivity contribution in [3.63, 3.8) is 0 Å². The number of rotatable bonds is 6. The SMILES string of the molecule is COC(=O)c1ccc(C(=O)OC)c(NC(=O)CSc2nc(C)cs2)c1. The molecule has 0 atom stereocenters. The molecule has 0 aliphatic heterocycles. The van der Waals surface area contributed by atoms with Crippen molar-refractivity contribution in [3.8, 4) is 0 Å². The molecular weight excluding hydrogens is 364 g/mol. The highest BCUT2D eigenvalue weighted by Gasteiger charge is 2.17. The molecule has 1 aromatic heterocycles. The Morgan fingerprint density at radius 3 is 2.52 bits per heavy atom. The second-order valence-corrected chi connectivity index (χ2v) is 6.92. The number of aromatic nitrogens is 1. The van der Waals surface area contributed by atoms with Crippen LogP contribution in [0.1, 0.15) is 26.4 Å². The summed E-state index contributed by atoms with van der Waals surface area (Å²) in [4.78, 5) is 39.9. The molecule has 0 radical (unpaired) electrons. The smallest absolute Gasteiger partial charge is 0.339 e. The van der Waals surface area contributed by atoms with E-state index in [2.05, 4.69) is 15.0 Å². The molecule has 0 saturated heterocycles. The second-order valence-electron chi connectivity index (χ2n) is 4.84. The number of nitrogens with one attached hydrogen (secondary N) is 1. The van der Waals surface area contributed by atoms with E-state index in [1.54, 1.807) is 0 Å². The van der Waals surface area contributed by atoms with E-state index < -0.39 is 11.9 Å². The maximum Gasteiger partial charge on any atom is 0.339 e. The van der Waals surface area contributed by atoms with Crippen LogP contribution < -0.4 is 5.32 Å². The van der Waals surface area contributed by atoms with Gasteiger partial charge in [0.25, 0.3) is 0 Å². The Morgan fingerprint density at radius 1 is 1.20 bits per heavy atom. The number of hydrogen-bond acceptors (Lipinski definition) is 8. The van der Waals surface area contributed by atoms with E-state index in [-0.39, 0.29) is 28.5 Å². The van der Waals surface area contributed by atoms with Crippen molar-refractivity contribution in [2.45, 2.75) is 11.3 Å². The predicted molar refractivity (Wildman–Crippen MR) is 95.3 cm³/mol. The minimum absolute atomic E-state index is 0.121. The van der Waals surface area contributed by atoms with Crippen LogP contribution in [0.2, 0.25) is 0 Å². The average molecular weight is 380 g/mol. The van der Waals surface area contributed by atoms with Crippen LogP contribution in [0.25, 0.3) is 0 Å². The van der Waals surface area contributed by atoms with Crippen LogP contribution in [0.5, 0.6) is 0 Å². The van der Waals surface area contributed by atoms with Gasteiger partial charge in [-0.2, -0.15) is 0 Å². The summed E-state index contributed by atoms with van der Waals surface area (Å²) >= 11 is 2.75. The van der Waals surface area contributed by atoms with Crippen LogP contribution in [-0.2, 0) is 14.3 Å². The van der Waals surface area contributed by atoms with Crippen LogP contribution in [0.3, 0.4) is 0 Å². The molecule has 2 aromatic rings. The molecule has 0 bridgehead atoms. The third-order valence-corrected chi connectivity index (χ3v) is 5.18. The van der Waals surface area contributed by atoms with Crippen molar-refractivity contribution in [1.82, 2.24) is 4.98 Å². The summed E-state index contributed by atoms with van der Waals surface area (Å²) in [5.41, 5.74) is 1.45. The van der Waals surface area contributed by atoms with Crippen molar-refractivity contribution in [3.05, 3.63) is 40.4 Å². The average Bonchev–Trinajstić information content (AvgIpc) is 3.04. The fraction of sp³-hybridized carbons (Fsp3) is 0.250. The van der Waals surface area contributed by atoms with Crippen molar-refractivity contribution in [2.75, 3.05) is 25.3 Å². The lowest BCUT2D eigenvalue weighted by atomic mass is 10.1. The molecule has 2 rings (SSSR count). The highest BCUT2D eigenvalue weighted by atomic mass is 32.2. The molecule has 9 heteroatoms. The first-order valence-electron chi connectivity index (χ1n) is 7.10. The minimum Gasteiger partial charge on any atom is -0.465 e. The Kier molecular flexibility index (Phi) is 6.54. The van der Waals surface area contributed by atoms with Crippen molar-refractivity contribution in [1.29, 1.82) is 0 Å².